The molecule has 5 aromatic rings. The molecule has 1 fully saturated rings. The maximum atomic E-state index is 6.56. The summed E-state index contributed by atoms with van der Waals surface area (Å²) in [7, 11) is 1.90. The number of hydrogen-bond acceptors (Lipinski definition) is 8. The van der Waals surface area contributed by atoms with Crippen LogP contribution in [0.2, 0.25) is 5.02 Å². The van der Waals surface area contributed by atoms with Gasteiger partial charge >= 0.3 is 0 Å². The molecule has 2 N–H and O–H groups in total. The minimum absolute atomic E-state index is 0.137. The molecule has 0 bridgehead atoms. The fourth-order valence-corrected chi connectivity index (χ4v) is 4.86. The van der Waals surface area contributed by atoms with Crippen LogP contribution in [0.3, 0.4) is 0 Å². The van der Waals surface area contributed by atoms with Crippen LogP contribution in [0.5, 0.6) is 11.5 Å². The van der Waals surface area contributed by atoms with Crippen LogP contribution >= 0.6 is 11.6 Å². The summed E-state index contributed by atoms with van der Waals surface area (Å²) in [5.41, 5.74) is 4.34. The Balaban J connectivity index is 1.29. The summed E-state index contributed by atoms with van der Waals surface area (Å²) in [6.45, 7) is 2.22. The number of pyridine rings is 1. The highest BCUT2D eigenvalue weighted by molar-refractivity contribution is 6.32. The lowest BCUT2D eigenvalue weighted by Gasteiger charge is -2.25. The summed E-state index contributed by atoms with van der Waals surface area (Å²) < 4.78 is 14.2. The average molecular weight is 542 g/mol. The smallest absolute Gasteiger partial charge is 0.141 e. The van der Waals surface area contributed by atoms with Crippen LogP contribution in [-0.4, -0.2) is 43.9 Å². The van der Waals surface area contributed by atoms with Crippen LogP contribution in [0.1, 0.15) is 18.5 Å². The number of aromatic nitrogens is 5. The molecular weight excluding hydrogens is 514 g/mol. The second-order valence-electron chi connectivity index (χ2n) is 9.44. The topological polar surface area (TPSA) is 99.0 Å². The molecule has 2 aromatic carbocycles. The molecule has 1 aliphatic heterocycles. The van der Waals surface area contributed by atoms with E-state index in [1.165, 1.54) is 0 Å². The van der Waals surface area contributed by atoms with E-state index in [1.807, 2.05) is 68.0 Å². The molecule has 9 nitrogen and oxygen atoms in total. The van der Waals surface area contributed by atoms with Crippen molar-refractivity contribution in [3.05, 3.63) is 84.2 Å². The number of nitrogens with zero attached hydrogens (tertiary/aromatic N) is 5. The number of aryl methyl sites for hydroxylation is 1. The van der Waals surface area contributed by atoms with Crippen molar-refractivity contribution >= 4 is 34.0 Å². The highest BCUT2D eigenvalue weighted by Crippen LogP contribution is 2.38. The van der Waals surface area contributed by atoms with Crippen molar-refractivity contribution in [3.8, 4) is 22.6 Å². The Kier molecular flexibility index (Phi) is 7.25. The molecule has 0 spiro atoms. The molecule has 198 valence electrons. The summed E-state index contributed by atoms with van der Waals surface area (Å²) in [4.78, 5) is 13.4. The molecule has 0 saturated carbocycles. The van der Waals surface area contributed by atoms with Crippen molar-refractivity contribution < 1.29 is 9.47 Å². The maximum absolute atomic E-state index is 6.56. The third-order valence-electron chi connectivity index (χ3n) is 6.63. The molecule has 0 radical (unpaired) electrons. The number of halogens is 1. The highest BCUT2D eigenvalue weighted by Gasteiger charge is 2.20. The predicted molar refractivity (Wildman–Crippen MR) is 152 cm³/mol. The van der Waals surface area contributed by atoms with Gasteiger partial charge in [-0.05, 0) is 68.4 Å². The third kappa shape index (κ3) is 5.79. The fourth-order valence-electron chi connectivity index (χ4n) is 4.63. The van der Waals surface area contributed by atoms with Crippen LogP contribution in [-0.2, 0) is 13.7 Å². The Hall–Kier alpha value is -4.21. The molecule has 0 atom stereocenters. The lowest BCUT2D eigenvalue weighted by Crippen LogP contribution is -2.34. The largest absolute Gasteiger partial charge is 0.490 e. The van der Waals surface area contributed by atoms with Crippen LogP contribution in [0.4, 0.5) is 11.5 Å². The minimum Gasteiger partial charge on any atom is -0.490 e. The predicted octanol–water partition coefficient (Wildman–Crippen LogP) is 5.53. The van der Waals surface area contributed by atoms with Gasteiger partial charge < -0.3 is 20.1 Å². The Morgan fingerprint density at radius 3 is 2.72 bits per heavy atom. The van der Waals surface area contributed by atoms with Gasteiger partial charge in [-0.1, -0.05) is 17.7 Å². The Morgan fingerprint density at radius 2 is 1.95 bits per heavy atom. The van der Waals surface area contributed by atoms with Gasteiger partial charge in [-0.2, -0.15) is 5.10 Å². The van der Waals surface area contributed by atoms with E-state index in [-0.39, 0.29) is 6.10 Å². The summed E-state index contributed by atoms with van der Waals surface area (Å²) in [6.07, 6.45) is 9.16. The lowest BCUT2D eigenvalue weighted by atomic mass is 10.0. The van der Waals surface area contributed by atoms with Crippen molar-refractivity contribution in [1.82, 2.24) is 30.0 Å². The van der Waals surface area contributed by atoms with E-state index in [1.54, 1.807) is 17.2 Å². The molecule has 39 heavy (non-hydrogen) atoms. The Morgan fingerprint density at radius 1 is 1.05 bits per heavy atom. The molecule has 0 unspecified atom stereocenters. The zero-order chi connectivity index (χ0) is 26.6. The van der Waals surface area contributed by atoms with E-state index in [9.17, 15) is 0 Å². The highest BCUT2D eigenvalue weighted by atomic mass is 35.5. The van der Waals surface area contributed by atoms with Crippen molar-refractivity contribution in [2.24, 2.45) is 7.05 Å². The van der Waals surface area contributed by atoms with E-state index < -0.39 is 0 Å². The molecule has 1 saturated heterocycles. The van der Waals surface area contributed by atoms with Crippen LogP contribution in [0.15, 0.2) is 73.4 Å². The van der Waals surface area contributed by atoms with Gasteiger partial charge in [0.05, 0.1) is 22.4 Å². The molecule has 0 amide bonds. The van der Waals surface area contributed by atoms with Gasteiger partial charge in [0.15, 0.2) is 0 Å². The summed E-state index contributed by atoms with van der Waals surface area (Å²) in [5, 5.41) is 12.5. The number of piperidine rings is 1. The molecule has 10 heteroatoms. The zero-order valence-corrected chi connectivity index (χ0v) is 22.2. The average Bonchev–Trinajstić information content (AvgIpc) is 3.40. The molecular formula is C29H28ClN7O2. The maximum Gasteiger partial charge on any atom is 0.141 e. The van der Waals surface area contributed by atoms with E-state index in [2.05, 4.69) is 30.7 Å². The molecule has 0 aliphatic carbocycles. The van der Waals surface area contributed by atoms with Crippen LogP contribution in [0, 0.1) is 0 Å². The van der Waals surface area contributed by atoms with Gasteiger partial charge in [-0.15, -0.1) is 0 Å². The second kappa shape index (κ2) is 11.3. The van der Waals surface area contributed by atoms with Gasteiger partial charge in [0.1, 0.15) is 36.4 Å². The minimum atomic E-state index is 0.137. The first-order valence-corrected chi connectivity index (χ1v) is 13.2. The number of nitrogens with one attached hydrogen (secondary N) is 2. The van der Waals surface area contributed by atoms with Crippen molar-refractivity contribution in [1.29, 1.82) is 0 Å². The molecule has 6 rings (SSSR count). The van der Waals surface area contributed by atoms with Crippen molar-refractivity contribution in [2.45, 2.75) is 25.6 Å². The van der Waals surface area contributed by atoms with Crippen LogP contribution < -0.4 is 20.1 Å². The van der Waals surface area contributed by atoms with Gasteiger partial charge in [-0.25, -0.2) is 9.97 Å². The first kappa shape index (κ1) is 25.1. The first-order chi connectivity index (χ1) is 19.1. The summed E-state index contributed by atoms with van der Waals surface area (Å²) >= 11 is 6.55. The van der Waals surface area contributed by atoms with E-state index in [0.29, 0.717) is 23.2 Å². The SMILES string of the molecule is Cn1cc(-c2cc3ncnc(Nc4ccc(OCc5ccccn5)c(Cl)c4)c3cc2OC2CCNCC2)cn1. The number of fused-ring (bicyclic) bond motifs is 1. The number of rotatable bonds is 8. The van der Waals surface area contributed by atoms with Crippen molar-refractivity contribution in [3.63, 3.8) is 0 Å². The number of hydrogen-bond donors (Lipinski definition) is 2. The molecule has 4 heterocycles. The standard InChI is InChI=1S/C29H28ClN7O2/c1-37-16-19(15-35-37)23-13-26-24(14-28(23)39-22-7-10-31-11-8-22)29(34-18-33-26)36-20-5-6-27(25(30)12-20)38-17-21-4-2-3-9-32-21/h2-6,9,12-16,18,22,31H,7-8,10-11,17H2,1H3,(H,33,34,36). The zero-order valence-electron chi connectivity index (χ0n) is 21.5. The monoisotopic (exact) mass is 541 g/mol. The number of anilines is 2. The van der Waals surface area contributed by atoms with Gasteiger partial charge in [0.25, 0.3) is 0 Å². The number of ether oxygens (including phenoxy) is 2. The van der Waals surface area contributed by atoms with Gasteiger partial charge in [0.2, 0.25) is 0 Å². The van der Waals surface area contributed by atoms with Crippen LogP contribution in [0.25, 0.3) is 22.0 Å². The van der Waals surface area contributed by atoms with E-state index >= 15 is 0 Å². The normalized spacial score (nSPS) is 13.9. The lowest BCUT2D eigenvalue weighted by molar-refractivity contribution is 0.163. The molecule has 1 aliphatic rings. The third-order valence-corrected chi connectivity index (χ3v) is 6.92. The van der Waals surface area contributed by atoms with E-state index in [4.69, 9.17) is 21.1 Å². The Bertz CT molecular complexity index is 1590. The first-order valence-electron chi connectivity index (χ1n) is 12.9. The number of benzene rings is 2. The van der Waals surface area contributed by atoms with Crippen molar-refractivity contribution in [2.75, 3.05) is 18.4 Å². The summed E-state index contributed by atoms with van der Waals surface area (Å²) in [5.74, 6) is 2.03. The van der Waals surface area contributed by atoms with E-state index in [0.717, 1.165) is 65.1 Å². The fraction of sp³-hybridized carbons (Fsp3) is 0.241. The quantitative estimate of drug-likeness (QED) is 0.264. The Labute approximate surface area is 231 Å². The summed E-state index contributed by atoms with van der Waals surface area (Å²) in [6, 6.07) is 15.3. The van der Waals surface area contributed by atoms with Gasteiger partial charge in [0, 0.05) is 41.6 Å². The second-order valence-corrected chi connectivity index (χ2v) is 9.84. The molecule has 3 aromatic heterocycles. The van der Waals surface area contributed by atoms with Gasteiger partial charge in [-0.3, -0.25) is 9.67 Å².